The fourth-order valence-electron chi connectivity index (χ4n) is 1.78. The zero-order valence-electron chi connectivity index (χ0n) is 11.9. The molecule has 0 heterocycles. The van der Waals surface area contributed by atoms with Crippen LogP contribution in [-0.4, -0.2) is 16.7 Å². The second kappa shape index (κ2) is 6.99. The Hall–Kier alpha value is -3.48. The first kappa shape index (κ1) is 15.9. The summed E-state index contributed by atoms with van der Waals surface area (Å²) >= 11 is 0. The third-order valence-corrected chi connectivity index (χ3v) is 2.97. The third kappa shape index (κ3) is 4.50. The van der Waals surface area contributed by atoms with Gasteiger partial charge in [-0.2, -0.15) is 0 Å². The van der Waals surface area contributed by atoms with E-state index < -0.39 is 10.8 Å². The van der Waals surface area contributed by atoms with Crippen molar-refractivity contribution >= 4 is 29.3 Å². The van der Waals surface area contributed by atoms with E-state index in [2.05, 4.69) is 5.32 Å². The second-order valence-corrected chi connectivity index (χ2v) is 4.61. The molecule has 0 aliphatic carbocycles. The third-order valence-electron chi connectivity index (χ3n) is 2.97. The number of nitrogens with zero attached hydrogens (tertiary/aromatic N) is 1. The Morgan fingerprint density at radius 3 is 2.17 bits per heavy atom. The fraction of sp³-hybridized carbons (Fsp3) is 0. The molecule has 0 aliphatic rings. The number of carbonyl (C=O) groups is 2. The van der Waals surface area contributed by atoms with E-state index in [4.69, 9.17) is 5.73 Å². The van der Waals surface area contributed by atoms with Gasteiger partial charge in [0, 0.05) is 29.5 Å². The summed E-state index contributed by atoms with van der Waals surface area (Å²) < 4.78 is 0. The van der Waals surface area contributed by atoms with E-state index in [-0.39, 0.29) is 11.6 Å². The van der Waals surface area contributed by atoms with Crippen LogP contribution in [0.15, 0.2) is 54.6 Å². The minimum atomic E-state index is -0.541. The van der Waals surface area contributed by atoms with Crippen molar-refractivity contribution in [3.63, 3.8) is 0 Å². The zero-order valence-corrected chi connectivity index (χ0v) is 11.9. The first-order valence-corrected chi connectivity index (χ1v) is 6.59. The molecular formula is C16H13N3O4. The number of nitro benzene ring substituents is 1. The lowest BCUT2D eigenvalue weighted by molar-refractivity contribution is -0.384. The van der Waals surface area contributed by atoms with E-state index in [9.17, 15) is 19.7 Å². The number of hydrogen-bond donors (Lipinski definition) is 2. The standard InChI is InChI=1S/C16H13N3O4/c17-16(21)12-4-6-13(7-5-12)18-15(20)10-3-11-1-8-14(9-2-11)19(22)23/h1-10H,(H2,17,21)(H,18,20)/b10-3+. The number of hydrogen-bond acceptors (Lipinski definition) is 4. The molecule has 0 saturated heterocycles. The second-order valence-electron chi connectivity index (χ2n) is 4.61. The maximum absolute atomic E-state index is 11.8. The van der Waals surface area contributed by atoms with Crippen molar-refractivity contribution in [1.29, 1.82) is 0 Å². The average molecular weight is 311 g/mol. The van der Waals surface area contributed by atoms with Crippen molar-refractivity contribution in [2.24, 2.45) is 5.73 Å². The van der Waals surface area contributed by atoms with Crippen LogP contribution in [0.3, 0.4) is 0 Å². The van der Waals surface area contributed by atoms with Crippen molar-refractivity contribution in [3.8, 4) is 0 Å². The lowest BCUT2D eigenvalue weighted by Gasteiger charge is -2.02. The van der Waals surface area contributed by atoms with Crippen molar-refractivity contribution < 1.29 is 14.5 Å². The highest BCUT2D eigenvalue weighted by Gasteiger charge is 2.03. The van der Waals surface area contributed by atoms with Gasteiger partial charge in [0.05, 0.1) is 4.92 Å². The van der Waals surface area contributed by atoms with E-state index in [1.165, 1.54) is 36.4 Å². The highest BCUT2D eigenvalue weighted by molar-refractivity contribution is 6.02. The van der Waals surface area contributed by atoms with Gasteiger partial charge in [0.2, 0.25) is 11.8 Å². The van der Waals surface area contributed by atoms with E-state index >= 15 is 0 Å². The van der Waals surface area contributed by atoms with Gasteiger partial charge in [-0.3, -0.25) is 19.7 Å². The molecule has 0 fully saturated rings. The monoisotopic (exact) mass is 311 g/mol. The molecule has 2 aromatic carbocycles. The van der Waals surface area contributed by atoms with Crippen molar-refractivity contribution in [3.05, 3.63) is 75.8 Å². The molecule has 0 aliphatic heterocycles. The summed E-state index contributed by atoms with van der Waals surface area (Å²) in [6.07, 6.45) is 2.85. The number of carbonyl (C=O) groups excluding carboxylic acids is 2. The summed E-state index contributed by atoms with van der Waals surface area (Å²) in [7, 11) is 0. The number of nitrogens with two attached hydrogens (primary N) is 1. The Morgan fingerprint density at radius 2 is 1.65 bits per heavy atom. The maximum Gasteiger partial charge on any atom is 0.269 e. The first-order valence-electron chi connectivity index (χ1n) is 6.59. The van der Waals surface area contributed by atoms with Crippen LogP contribution in [0.25, 0.3) is 6.08 Å². The molecule has 0 aromatic heterocycles. The van der Waals surface area contributed by atoms with Crippen molar-refractivity contribution in [2.45, 2.75) is 0 Å². The number of amides is 2. The van der Waals surface area contributed by atoms with Gasteiger partial charge in [0.25, 0.3) is 5.69 Å². The molecule has 0 saturated carbocycles. The van der Waals surface area contributed by atoms with Crippen molar-refractivity contribution in [2.75, 3.05) is 5.32 Å². The van der Waals surface area contributed by atoms with Gasteiger partial charge in [-0.05, 0) is 48.0 Å². The molecule has 0 radical (unpaired) electrons. The molecule has 7 nitrogen and oxygen atoms in total. The van der Waals surface area contributed by atoms with Gasteiger partial charge in [0.15, 0.2) is 0 Å². The van der Waals surface area contributed by atoms with Crippen LogP contribution in [0, 0.1) is 10.1 Å². The van der Waals surface area contributed by atoms with Crippen LogP contribution >= 0.6 is 0 Å². The average Bonchev–Trinajstić information content (AvgIpc) is 2.54. The Morgan fingerprint density at radius 1 is 1.04 bits per heavy atom. The summed E-state index contributed by atoms with van der Waals surface area (Å²) in [5.41, 5.74) is 6.65. The SMILES string of the molecule is NC(=O)c1ccc(NC(=O)/C=C/c2ccc([N+](=O)[O-])cc2)cc1. The Balaban J connectivity index is 1.98. The van der Waals surface area contributed by atoms with Crippen LogP contribution < -0.4 is 11.1 Å². The fourth-order valence-corrected chi connectivity index (χ4v) is 1.78. The van der Waals surface area contributed by atoms with E-state index in [0.29, 0.717) is 16.8 Å². The lowest BCUT2D eigenvalue weighted by atomic mass is 10.2. The molecule has 0 spiro atoms. The quantitative estimate of drug-likeness (QED) is 0.501. The number of rotatable bonds is 5. The van der Waals surface area contributed by atoms with Crippen LogP contribution in [0.2, 0.25) is 0 Å². The molecular weight excluding hydrogens is 298 g/mol. The normalized spacial score (nSPS) is 10.4. The highest BCUT2D eigenvalue weighted by atomic mass is 16.6. The van der Waals surface area contributed by atoms with Gasteiger partial charge < -0.3 is 11.1 Å². The summed E-state index contributed by atoms with van der Waals surface area (Å²) in [4.78, 5) is 32.8. The maximum atomic E-state index is 11.8. The van der Waals surface area contributed by atoms with Gasteiger partial charge in [0.1, 0.15) is 0 Å². The van der Waals surface area contributed by atoms with E-state index in [1.807, 2.05) is 0 Å². The number of primary amides is 1. The van der Waals surface area contributed by atoms with E-state index in [0.717, 1.165) is 0 Å². The minimum Gasteiger partial charge on any atom is -0.366 e. The summed E-state index contributed by atoms with van der Waals surface area (Å²) in [5.74, 6) is -0.906. The molecule has 3 N–H and O–H groups in total. The number of benzene rings is 2. The Kier molecular flexibility index (Phi) is 4.83. The van der Waals surface area contributed by atoms with Gasteiger partial charge >= 0.3 is 0 Å². The number of nitrogens with one attached hydrogen (secondary N) is 1. The molecule has 2 aromatic rings. The smallest absolute Gasteiger partial charge is 0.269 e. The first-order chi connectivity index (χ1) is 11.0. The highest BCUT2D eigenvalue weighted by Crippen LogP contribution is 2.13. The Bertz CT molecular complexity index is 765. The lowest BCUT2D eigenvalue weighted by Crippen LogP contribution is -2.11. The predicted octanol–water partition coefficient (Wildman–Crippen LogP) is 2.35. The Labute approximate surface area is 131 Å². The molecule has 116 valence electrons. The van der Waals surface area contributed by atoms with Crippen LogP contribution in [-0.2, 0) is 4.79 Å². The molecule has 0 bridgehead atoms. The number of non-ortho nitro benzene ring substituents is 1. The van der Waals surface area contributed by atoms with Crippen LogP contribution in [0.5, 0.6) is 0 Å². The summed E-state index contributed by atoms with van der Waals surface area (Å²) in [6.45, 7) is 0. The number of anilines is 1. The van der Waals surface area contributed by atoms with Crippen LogP contribution in [0.4, 0.5) is 11.4 Å². The topological polar surface area (TPSA) is 115 Å². The van der Waals surface area contributed by atoms with Crippen LogP contribution in [0.1, 0.15) is 15.9 Å². The van der Waals surface area contributed by atoms with Crippen molar-refractivity contribution in [1.82, 2.24) is 0 Å². The predicted molar refractivity (Wildman–Crippen MR) is 85.7 cm³/mol. The molecule has 23 heavy (non-hydrogen) atoms. The minimum absolute atomic E-state index is 0.0128. The van der Waals surface area contributed by atoms with Gasteiger partial charge in [-0.1, -0.05) is 0 Å². The summed E-state index contributed by atoms with van der Waals surface area (Å²) in [5, 5.41) is 13.2. The summed E-state index contributed by atoms with van der Waals surface area (Å²) in [6, 6.07) is 12.0. The molecule has 2 rings (SSSR count). The van der Waals surface area contributed by atoms with Gasteiger partial charge in [-0.15, -0.1) is 0 Å². The zero-order chi connectivity index (χ0) is 16.8. The molecule has 2 amide bonds. The largest absolute Gasteiger partial charge is 0.366 e. The molecule has 7 heteroatoms. The van der Waals surface area contributed by atoms with E-state index in [1.54, 1.807) is 24.3 Å². The number of nitro groups is 1. The molecule has 0 atom stereocenters. The van der Waals surface area contributed by atoms with Gasteiger partial charge in [-0.25, -0.2) is 0 Å². The molecule has 0 unspecified atom stereocenters.